The topological polar surface area (TPSA) is 44.8 Å². The number of rotatable bonds is 9. The molecule has 1 aliphatic rings. The fourth-order valence-corrected chi connectivity index (χ4v) is 3.56. The molecule has 0 aromatic heterocycles. The van der Waals surface area contributed by atoms with Crippen LogP contribution in [0.4, 0.5) is 5.69 Å². The molecule has 150 valence electrons. The molecule has 5 heteroatoms. The highest BCUT2D eigenvalue weighted by molar-refractivity contribution is 5.75. The van der Waals surface area contributed by atoms with Gasteiger partial charge in [-0.05, 0) is 42.7 Å². The number of nitrogens with one attached hydrogen (secondary N) is 1. The maximum Gasteiger partial charge on any atom is 0.220 e. The lowest BCUT2D eigenvalue weighted by atomic mass is 10.1. The first-order valence-electron chi connectivity index (χ1n) is 10.2. The lowest BCUT2D eigenvalue weighted by molar-refractivity contribution is -0.121. The highest BCUT2D eigenvalue weighted by atomic mass is 16.5. The fourth-order valence-electron chi connectivity index (χ4n) is 3.56. The molecule has 28 heavy (non-hydrogen) atoms. The minimum atomic E-state index is 0.160. The van der Waals surface area contributed by atoms with E-state index >= 15 is 0 Å². The average molecular weight is 382 g/mol. The van der Waals surface area contributed by atoms with Crippen molar-refractivity contribution in [1.29, 1.82) is 0 Å². The van der Waals surface area contributed by atoms with E-state index in [9.17, 15) is 4.79 Å². The summed E-state index contributed by atoms with van der Waals surface area (Å²) in [7, 11) is 1.69. The van der Waals surface area contributed by atoms with Crippen LogP contribution in [0.1, 0.15) is 18.4 Å². The third-order valence-corrected chi connectivity index (χ3v) is 5.27. The van der Waals surface area contributed by atoms with Crippen molar-refractivity contribution in [3.05, 3.63) is 60.2 Å². The van der Waals surface area contributed by atoms with Gasteiger partial charge in [-0.25, -0.2) is 0 Å². The van der Waals surface area contributed by atoms with Gasteiger partial charge in [0.1, 0.15) is 5.75 Å². The molecule has 1 N–H and O–H groups in total. The number of carbonyl (C=O) groups is 1. The van der Waals surface area contributed by atoms with Crippen molar-refractivity contribution in [2.24, 2.45) is 0 Å². The Morgan fingerprint density at radius 3 is 2.39 bits per heavy atom. The molecule has 1 amide bonds. The molecule has 1 saturated heterocycles. The number of hydrogen-bond acceptors (Lipinski definition) is 4. The second-order valence-electron chi connectivity index (χ2n) is 7.22. The van der Waals surface area contributed by atoms with Gasteiger partial charge in [-0.1, -0.05) is 30.3 Å². The minimum absolute atomic E-state index is 0.160. The summed E-state index contributed by atoms with van der Waals surface area (Å²) >= 11 is 0. The van der Waals surface area contributed by atoms with Crippen LogP contribution in [0.25, 0.3) is 0 Å². The largest absolute Gasteiger partial charge is 0.497 e. The molecule has 1 aliphatic heterocycles. The van der Waals surface area contributed by atoms with Gasteiger partial charge in [-0.15, -0.1) is 0 Å². The van der Waals surface area contributed by atoms with Crippen LogP contribution in [0, 0.1) is 0 Å². The van der Waals surface area contributed by atoms with E-state index in [2.05, 4.69) is 39.4 Å². The van der Waals surface area contributed by atoms with Gasteiger partial charge in [0.2, 0.25) is 5.91 Å². The molecular weight excluding hydrogens is 350 g/mol. The summed E-state index contributed by atoms with van der Waals surface area (Å²) < 4.78 is 5.22. The zero-order valence-electron chi connectivity index (χ0n) is 16.8. The Hall–Kier alpha value is -2.53. The summed E-state index contributed by atoms with van der Waals surface area (Å²) in [5.74, 6) is 1.05. The number of methoxy groups -OCH3 is 1. The number of ether oxygens (including phenoxy) is 1. The summed E-state index contributed by atoms with van der Waals surface area (Å²) in [6.07, 6.45) is 2.46. The van der Waals surface area contributed by atoms with E-state index in [0.29, 0.717) is 6.42 Å². The molecule has 0 atom stereocenters. The summed E-state index contributed by atoms with van der Waals surface area (Å²) in [5.41, 5.74) is 2.54. The number of nitrogens with zero attached hydrogens (tertiary/aromatic N) is 2. The van der Waals surface area contributed by atoms with Crippen molar-refractivity contribution in [1.82, 2.24) is 10.2 Å². The molecule has 0 radical (unpaired) electrons. The highest BCUT2D eigenvalue weighted by Crippen LogP contribution is 2.20. The van der Waals surface area contributed by atoms with Crippen molar-refractivity contribution in [2.75, 3.05) is 51.3 Å². The van der Waals surface area contributed by atoms with E-state index < -0.39 is 0 Å². The molecule has 1 heterocycles. The van der Waals surface area contributed by atoms with Crippen molar-refractivity contribution in [3.8, 4) is 5.75 Å². The minimum Gasteiger partial charge on any atom is -0.497 e. The summed E-state index contributed by atoms with van der Waals surface area (Å²) in [5, 5.41) is 3.06. The Labute approximate surface area is 168 Å². The van der Waals surface area contributed by atoms with Crippen LogP contribution in [-0.4, -0.2) is 57.2 Å². The maximum atomic E-state index is 12.0. The first-order chi connectivity index (χ1) is 13.7. The molecule has 0 aliphatic carbocycles. The van der Waals surface area contributed by atoms with Crippen molar-refractivity contribution >= 4 is 11.6 Å². The van der Waals surface area contributed by atoms with Crippen LogP contribution in [0.15, 0.2) is 54.6 Å². The lowest BCUT2D eigenvalue weighted by Crippen LogP contribution is -2.48. The Balaban J connectivity index is 1.28. The van der Waals surface area contributed by atoms with E-state index in [1.54, 1.807) is 7.11 Å². The van der Waals surface area contributed by atoms with Gasteiger partial charge in [-0.3, -0.25) is 9.69 Å². The Kier molecular flexibility index (Phi) is 7.73. The van der Waals surface area contributed by atoms with Crippen LogP contribution in [0.3, 0.4) is 0 Å². The van der Waals surface area contributed by atoms with E-state index in [-0.39, 0.29) is 5.91 Å². The molecule has 2 aromatic rings. The van der Waals surface area contributed by atoms with Gasteiger partial charge < -0.3 is 15.0 Å². The molecule has 1 fully saturated rings. The van der Waals surface area contributed by atoms with Gasteiger partial charge in [0.05, 0.1) is 7.11 Å². The van der Waals surface area contributed by atoms with Gasteiger partial charge in [-0.2, -0.15) is 0 Å². The Morgan fingerprint density at radius 2 is 1.71 bits per heavy atom. The first kappa shape index (κ1) is 20.2. The Morgan fingerprint density at radius 1 is 1.00 bits per heavy atom. The van der Waals surface area contributed by atoms with Gasteiger partial charge in [0.25, 0.3) is 0 Å². The highest BCUT2D eigenvalue weighted by Gasteiger charge is 2.17. The number of piperazine rings is 1. The second kappa shape index (κ2) is 10.7. The third-order valence-electron chi connectivity index (χ3n) is 5.27. The SMILES string of the molecule is COc1ccc(N2CCN(CCNC(=O)CCCc3ccccc3)CC2)cc1. The van der Waals surface area contributed by atoms with Crippen LogP contribution >= 0.6 is 0 Å². The Bertz CT molecular complexity index is 710. The molecule has 2 aromatic carbocycles. The third kappa shape index (κ3) is 6.27. The van der Waals surface area contributed by atoms with Crippen molar-refractivity contribution < 1.29 is 9.53 Å². The van der Waals surface area contributed by atoms with Crippen LogP contribution in [0.5, 0.6) is 5.75 Å². The molecule has 0 spiro atoms. The number of hydrogen-bond donors (Lipinski definition) is 1. The normalized spacial score (nSPS) is 14.7. The summed E-state index contributed by atoms with van der Waals surface area (Å²) in [6.45, 7) is 5.72. The summed E-state index contributed by atoms with van der Waals surface area (Å²) in [6, 6.07) is 18.6. The van der Waals surface area contributed by atoms with E-state index in [4.69, 9.17) is 4.74 Å². The maximum absolute atomic E-state index is 12.0. The lowest BCUT2D eigenvalue weighted by Gasteiger charge is -2.36. The first-order valence-corrected chi connectivity index (χ1v) is 10.2. The zero-order valence-corrected chi connectivity index (χ0v) is 16.8. The van der Waals surface area contributed by atoms with E-state index in [0.717, 1.165) is 57.9 Å². The molecular formula is C23H31N3O2. The van der Waals surface area contributed by atoms with E-state index in [1.807, 2.05) is 30.3 Å². The van der Waals surface area contributed by atoms with Gasteiger partial charge in [0.15, 0.2) is 0 Å². The van der Waals surface area contributed by atoms with E-state index in [1.165, 1.54) is 11.3 Å². The molecule has 5 nitrogen and oxygen atoms in total. The quantitative estimate of drug-likeness (QED) is 0.725. The molecule has 0 unspecified atom stereocenters. The van der Waals surface area contributed by atoms with Crippen LogP contribution in [-0.2, 0) is 11.2 Å². The standard InChI is InChI=1S/C23H31N3O2/c1-28-22-12-10-21(11-13-22)26-18-16-25(17-19-26)15-14-24-23(27)9-5-8-20-6-3-2-4-7-20/h2-4,6-7,10-13H,5,8-9,14-19H2,1H3,(H,24,27). The van der Waals surface area contributed by atoms with Gasteiger partial charge in [0, 0.05) is 51.4 Å². The van der Waals surface area contributed by atoms with Crippen LogP contribution in [0.2, 0.25) is 0 Å². The monoisotopic (exact) mass is 381 g/mol. The number of benzene rings is 2. The van der Waals surface area contributed by atoms with Gasteiger partial charge >= 0.3 is 0 Å². The number of amides is 1. The smallest absolute Gasteiger partial charge is 0.220 e. The number of anilines is 1. The molecule has 0 bridgehead atoms. The number of carbonyl (C=O) groups excluding carboxylic acids is 1. The zero-order chi connectivity index (χ0) is 19.6. The number of aryl methyl sites for hydroxylation is 1. The van der Waals surface area contributed by atoms with Crippen molar-refractivity contribution in [3.63, 3.8) is 0 Å². The fraction of sp³-hybridized carbons (Fsp3) is 0.435. The van der Waals surface area contributed by atoms with Crippen molar-refractivity contribution in [2.45, 2.75) is 19.3 Å². The molecule has 3 rings (SSSR count). The van der Waals surface area contributed by atoms with Crippen LogP contribution < -0.4 is 15.0 Å². The predicted octanol–water partition coefficient (Wildman–Crippen LogP) is 2.96. The average Bonchev–Trinajstić information content (AvgIpc) is 2.75. The second-order valence-corrected chi connectivity index (χ2v) is 7.22. The molecule has 0 saturated carbocycles. The summed E-state index contributed by atoms with van der Waals surface area (Å²) in [4.78, 5) is 16.8. The predicted molar refractivity (Wildman–Crippen MR) is 114 cm³/mol.